The SMILES string of the molecule is CC[C@@H](C)n1cnc(S(=O)(=O)N2CCC[C@@H](C(=O)O)C2)c1. The zero-order valence-electron chi connectivity index (χ0n) is 12.3. The second-order valence-corrected chi connectivity index (χ2v) is 7.34. The summed E-state index contributed by atoms with van der Waals surface area (Å²) in [5.74, 6) is -1.58. The van der Waals surface area contributed by atoms with Crippen LogP contribution in [0.5, 0.6) is 0 Å². The number of rotatable bonds is 5. The van der Waals surface area contributed by atoms with Gasteiger partial charge in [0.2, 0.25) is 0 Å². The Morgan fingerprint density at radius 2 is 2.29 bits per heavy atom. The van der Waals surface area contributed by atoms with Crippen molar-refractivity contribution in [2.75, 3.05) is 13.1 Å². The van der Waals surface area contributed by atoms with Gasteiger partial charge < -0.3 is 9.67 Å². The van der Waals surface area contributed by atoms with Gasteiger partial charge in [0.1, 0.15) is 0 Å². The van der Waals surface area contributed by atoms with Gasteiger partial charge >= 0.3 is 5.97 Å². The van der Waals surface area contributed by atoms with Crippen LogP contribution in [-0.2, 0) is 14.8 Å². The number of carboxylic acids is 1. The van der Waals surface area contributed by atoms with E-state index in [0.29, 0.717) is 19.4 Å². The van der Waals surface area contributed by atoms with E-state index in [2.05, 4.69) is 4.98 Å². The third-order valence-electron chi connectivity index (χ3n) is 4.02. The Hall–Kier alpha value is -1.41. The minimum Gasteiger partial charge on any atom is -0.481 e. The smallest absolute Gasteiger partial charge is 0.307 e. The molecule has 1 aromatic heterocycles. The van der Waals surface area contributed by atoms with Gasteiger partial charge in [-0.25, -0.2) is 13.4 Å². The summed E-state index contributed by atoms with van der Waals surface area (Å²) >= 11 is 0. The molecule has 8 heteroatoms. The van der Waals surface area contributed by atoms with Gasteiger partial charge in [0.05, 0.1) is 12.2 Å². The lowest BCUT2D eigenvalue weighted by molar-refractivity contribution is -0.142. The number of piperidine rings is 1. The Labute approximate surface area is 124 Å². The summed E-state index contributed by atoms with van der Waals surface area (Å²) in [4.78, 5) is 15.0. The van der Waals surface area contributed by atoms with Crippen LogP contribution in [0.25, 0.3) is 0 Å². The van der Waals surface area contributed by atoms with E-state index in [0.717, 1.165) is 6.42 Å². The topological polar surface area (TPSA) is 92.5 Å². The molecule has 118 valence electrons. The predicted molar refractivity (Wildman–Crippen MR) is 76.3 cm³/mol. The minimum absolute atomic E-state index is 0.00570. The summed E-state index contributed by atoms with van der Waals surface area (Å²) in [6.07, 6.45) is 4.99. The van der Waals surface area contributed by atoms with Crippen molar-refractivity contribution >= 4 is 16.0 Å². The molecule has 0 saturated carbocycles. The molecule has 0 spiro atoms. The molecule has 2 rings (SSSR count). The zero-order chi connectivity index (χ0) is 15.6. The molecule has 1 N–H and O–H groups in total. The molecule has 1 aliphatic heterocycles. The van der Waals surface area contributed by atoms with E-state index in [1.165, 1.54) is 16.8 Å². The molecule has 21 heavy (non-hydrogen) atoms. The summed E-state index contributed by atoms with van der Waals surface area (Å²) in [7, 11) is -3.71. The van der Waals surface area contributed by atoms with E-state index in [1.807, 2.05) is 13.8 Å². The molecule has 2 heterocycles. The van der Waals surface area contributed by atoms with Crippen LogP contribution in [0.1, 0.15) is 39.2 Å². The van der Waals surface area contributed by atoms with Crippen LogP contribution < -0.4 is 0 Å². The number of nitrogens with zero attached hydrogens (tertiary/aromatic N) is 3. The van der Waals surface area contributed by atoms with Crippen LogP contribution in [0, 0.1) is 5.92 Å². The highest BCUT2D eigenvalue weighted by molar-refractivity contribution is 7.89. The predicted octanol–water partition coefficient (Wildman–Crippen LogP) is 1.34. The number of aromatic nitrogens is 2. The highest BCUT2D eigenvalue weighted by Gasteiger charge is 2.34. The van der Waals surface area contributed by atoms with Gasteiger partial charge in [0, 0.05) is 25.3 Å². The molecule has 0 amide bonds. The fraction of sp³-hybridized carbons (Fsp3) is 0.692. The molecule has 1 aromatic rings. The van der Waals surface area contributed by atoms with Gasteiger partial charge in [-0.2, -0.15) is 4.31 Å². The molecular formula is C13H21N3O4S. The fourth-order valence-electron chi connectivity index (χ4n) is 2.40. The monoisotopic (exact) mass is 315 g/mol. The number of carbonyl (C=O) groups is 1. The third kappa shape index (κ3) is 3.26. The van der Waals surface area contributed by atoms with Crippen LogP contribution in [0.2, 0.25) is 0 Å². The van der Waals surface area contributed by atoms with E-state index in [-0.39, 0.29) is 17.6 Å². The molecule has 2 atom stereocenters. The van der Waals surface area contributed by atoms with Gasteiger partial charge in [-0.3, -0.25) is 4.79 Å². The molecule has 1 saturated heterocycles. The Morgan fingerprint density at radius 3 is 2.90 bits per heavy atom. The van der Waals surface area contributed by atoms with E-state index >= 15 is 0 Å². The van der Waals surface area contributed by atoms with Gasteiger partial charge in [0.25, 0.3) is 10.0 Å². The Kier molecular flexibility index (Phi) is 4.67. The first-order chi connectivity index (χ1) is 9.86. The summed E-state index contributed by atoms with van der Waals surface area (Å²) in [6, 6.07) is 0.176. The van der Waals surface area contributed by atoms with E-state index in [9.17, 15) is 13.2 Å². The molecule has 1 aliphatic rings. The maximum Gasteiger partial charge on any atom is 0.307 e. The van der Waals surface area contributed by atoms with Crippen molar-refractivity contribution in [1.29, 1.82) is 0 Å². The second-order valence-electron chi connectivity index (χ2n) is 5.46. The molecule has 1 fully saturated rings. The highest BCUT2D eigenvalue weighted by atomic mass is 32.2. The molecule has 0 radical (unpaired) electrons. The minimum atomic E-state index is -3.71. The van der Waals surface area contributed by atoms with E-state index in [1.54, 1.807) is 4.57 Å². The average Bonchev–Trinajstić information content (AvgIpc) is 2.97. The van der Waals surface area contributed by atoms with Crippen molar-refractivity contribution in [3.8, 4) is 0 Å². The van der Waals surface area contributed by atoms with Gasteiger partial charge in [-0.15, -0.1) is 0 Å². The van der Waals surface area contributed by atoms with Gasteiger partial charge in [-0.05, 0) is 26.2 Å². The molecule has 0 unspecified atom stereocenters. The summed E-state index contributed by atoms with van der Waals surface area (Å²) in [5.41, 5.74) is 0. The average molecular weight is 315 g/mol. The van der Waals surface area contributed by atoms with Crippen LogP contribution in [0.4, 0.5) is 0 Å². The van der Waals surface area contributed by atoms with Crippen molar-refractivity contribution in [3.63, 3.8) is 0 Å². The van der Waals surface area contributed by atoms with Crippen molar-refractivity contribution in [2.24, 2.45) is 5.92 Å². The quantitative estimate of drug-likeness (QED) is 0.885. The van der Waals surface area contributed by atoms with Crippen molar-refractivity contribution in [3.05, 3.63) is 12.5 Å². The number of sulfonamides is 1. The van der Waals surface area contributed by atoms with Gasteiger partial charge in [-0.1, -0.05) is 6.92 Å². The normalized spacial score (nSPS) is 22.1. The first-order valence-electron chi connectivity index (χ1n) is 7.12. The van der Waals surface area contributed by atoms with Crippen molar-refractivity contribution in [2.45, 2.75) is 44.2 Å². The van der Waals surface area contributed by atoms with E-state index < -0.39 is 21.9 Å². The number of carboxylic acid groups (broad SMARTS) is 1. The molecular weight excluding hydrogens is 294 g/mol. The van der Waals surface area contributed by atoms with Gasteiger partial charge in [0.15, 0.2) is 5.03 Å². The fourth-order valence-corrected chi connectivity index (χ4v) is 3.84. The number of hydrogen-bond donors (Lipinski definition) is 1. The molecule has 0 bridgehead atoms. The zero-order valence-corrected chi connectivity index (χ0v) is 13.1. The summed E-state index contributed by atoms with van der Waals surface area (Å²) in [5, 5.41) is 9.05. The van der Waals surface area contributed by atoms with Crippen LogP contribution >= 0.6 is 0 Å². The van der Waals surface area contributed by atoms with Crippen LogP contribution in [0.15, 0.2) is 17.6 Å². The Morgan fingerprint density at radius 1 is 1.57 bits per heavy atom. The lowest BCUT2D eigenvalue weighted by atomic mass is 10.0. The number of hydrogen-bond acceptors (Lipinski definition) is 4. The van der Waals surface area contributed by atoms with Crippen LogP contribution in [-0.4, -0.2) is 46.4 Å². The summed E-state index contributed by atoms with van der Waals surface area (Å²) in [6.45, 7) is 4.37. The third-order valence-corrected chi connectivity index (χ3v) is 5.77. The molecule has 0 aromatic carbocycles. The summed E-state index contributed by atoms with van der Waals surface area (Å²) < 4.78 is 28.1. The molecule has 0 aliphatic carbocycles. The van der Waals surface area contributed by atoms with Crippen molar-refractivity contribution < 1.29 is 18.3 Å². The molecule has 7 nitrogen and oxygen atoms in total. The number of aliphatic carboxylic acids is 1. The van der Waals surface area contributed by atoms with Crippen molar-refractivity contribution in [1.82, 2.24) is 13.9 Å². The Bertz CT molecular complexity index is 611. The lowest BCUT2D eigenvalue weighted by Crippen LogP contribution is -2.42. The van der Waals surface area contributed by atoms with Crippen LogP contribution in [0.3, 0.4) is 0 Å². The maximum absolute atomic E-state index is 12.5. The largest absolute Gasteiger partial charge is 0.481 e. The second kappa shape index (κ2) is 6.15. The number of imidazole rings is 1. The standard InChI is InChI=1S/C13H21N3O4S/c1-3-10(2)15-8-12(14-9-15)21(19,20)16-6-4-5-11(7-16)13(17)18/h8-11H,3-7H2,1-2H3,(H,17,18)/t10-,11-/m1/s1. The lowest BCUT2D eigenvalue weighted by Gasteiger charge is -2.29. The Balaban J connectivity index is 2.21. The first kappa shape index (κ1) is 16.0. The van der Waals surface area contributed by atoms with E-state index in [4.69, 9.17) is 5.11 Å². The first-order valence-corrected chi connectivity index (χ1v) is 8.56. The maximum atomic E-state index is 12.5. The highest BCUT2D eigenvalue weighted by Crippen LogP contribution is 2.23.